The highest BCUT2D eigenvalue weighted by Crippen LogP contribution is 2.16. The van der Waals surface area contributed by atoms with Crippen molar-refractivity contribution in [1.29, 1.82) is 0 Å². The first-order valence-electron chi connectivity index (χ1n) is 4.69. The van der Waals surface area contributed by atoms with Gasteiger partial charge in [-0.3, -0.25) is 9.20 Å². The van der Waals surface area contributed by atoms with Gasteiger partial charge in [0.05, 0.1) is 5.02 Å². The quantitative estimate of drug-likeness (QED) is 0.555. The molecule has 0 spiro atoms. The van der Waals surface area contributed by atoms with Crippen LogP contribution in [0.15, 0.2) is 41.5 Å². The number of hydrogen-bond acceptors (Lipinski definition) is 3. The zero-order valence-electron chi connectivity index (χ0n) is 8.09. The normalized spacial score (nSPS) is 11.1. The van der Waals surface area contributed by atoms with Gasteiger partial charge in [-0.1, -0.05) is 17.7 Å². The molecule has 0 saturated carbocycles. The first-order valence-corrected chi connectivity index (χ1v) is 5.07. The predicted molar refractivity (Wildman–Crippen MR) is 61.8 cm³/mol. The Bertz CT molecular complexity index is 751. The maximum Gasteiger partial charge on any atom is 0.268 e. The minimum atomic E-state index is -0.196. The van der Waals surface area contributed by atoms with Crippen LogP contribution in [0.2, 0.25) is 5.02 Å². The lowest BCUT2D eigenvalue weighted by Gasteiger charge is -2.02. The summed E-state index contributed by atoms with van der Waals surface area (Å²) >= 11 is 5.97. The standard InChI is InChI=1S/C11H6ClN3O/c12-7-4-5-13-10-9(7)11(16)15-6-2-1-3-8(15)14-10/h1-6H. The average Bonchev–Trinajstić information content (AvgIpc) is 2.29. The molecule has 0 atom stereocenters. The molecule has 5 heteroatoms. The Morgan fingerprint density at radius 2 is 2.12 bits per heavy atom. The largest absolute Gasteiger partial charge is 0.268 e. The molecule has 0 bridgehead atoms. The van der Waals surface area contributed by atoms with Crippen molar-refractivity contribution >= 4 is 28.3 Å². The Labute approximate surface area is 95.1 Å². The summed E-state index contributed by atoms with van der Waals surface area (Å²) < 4.78 is 1.45. The van der Waals surface area contributed by atoms with Gasteiger partial charge in [0.25, 0.3) is 5.56 Å². The van der Waals surface area contributed by atoms with E-state index in [1.165, 1.54) is 10.6 Å². The third kappa shape index (κ3) is 1.20. The average molecular weight is 232 g/mol. The molecule has 0 amide bonds. The second-order valence-electron chi connectivity index (χ2n) is 3.34. The summed E-state index contributed by atoms with van der Waals surface area (Å²) in [7, 11) is 0. The molecule has 0 aliphatic carbocycles. The van der Waals surface area contributed by atoms with Gasteiger partial charge in [0.1, 0.15) is 11.0 Å². The van der Waals surface area contributed by atoms with Gasteiger partial charge in [-0.15, -0.1) is 0 Å². The van der Waals surface area contributed by atoms with Crippen LogP contribution in [0.1, 0.15) is 0 Å². The predicted octanol–water partition coefficient (Wildman–Crippen LogP) is 1.90. The number of halogens is 1. The van der Waals surface area contributed by atoms with Gasteiger partial charge in [-0.25, -0.2) is 9.97 Å². The molecule has 3 rings (SSSR count). The molecule has 0 unspecified atom stereocenters. The molecular formula is C11H6ClN3O. The van der Waals surface area contributed by atoms with E-state index in [9.17, 15) is 4.79 Å². The molecule has 0 aromatic carbocycles. The van der Waals surface area contributed by atoms with Crippen LogP contribution in [-0.4, -0.2) is 14.4 Å². The Hall–Kier alpha value is -1.94. The van der Waals surface area contributed by atoms with Gasteiger partial charge in [-0.2, -0.15) is 0 Å². The summed E-state index contributed by atoms with van der Waals surface area (Å²) in [6, 6.07) is 6.93. The van der Waals surface area contributed by atoms with Crippen LogP contribution in [0.3, 0.4) is 0 Å². The molecule has 3 aromatic heterocycles. The summed E-state index contributed by atoms with van der Waals surface area (Å²) in [6.07, 6.45) is 3.20. The second-order valence-corrected chi connectivity index (χ2v) is 3.74. The fourth-order valence-electron chi connectivity index (χ4n) is 1.64. The summed E-state index contributed by atoms with van der Waals surface area (Å²) in [5.74, 6) is 0. The van der Waals surface area contributed by atoms with E-state index < -0.39 is 0 Å². The number of fused-ring (bicyclic) bond motifs is 2. The SMILES string of the molecule is O=c1c2c(Cl)ccnc2nc2ccccn12. The van der Waals surface area contributed by atoms with Crippen LogP contribution >= 0.6 is 11.6 Å². The van der Waals surface area contributed by atoms with Crippen LogP contribution in [-0.2, 0) is 0 Å². The van der Waals surface area contributed by atoms with E-state index in [1.807, 2.05) is 6.07 Å². The number of pyridine rings is 2. The Morgan fingerprint density at radius 3 is 3.00 bits per heavy atom. The van der Waals surface area contributed by atoms with E-state index >= 15 is 0 Å². The van der Waals surface area contributed by atoms with Gasteiger partial charge in [0.15, 0.2) is 5.65 Å². The smallest absolute Gasteiger partial charge is 0.268 e. The van der Waals surface area contributed by atoms with Crippen LogP contribution < -0.4 is 5.56 Å². The summed E-state index contributed by atoms with van der Waals surface area (Å²) in [5.41, 5.74) is 0.747. The zero-order chi connectivity index (χ0) is 11.1. The number of rotatable bonds is 0. The van der Waals surface area contributed by atoms with Crippen molar-refractivity contribution in [3.05, 3.63) is 52.0 Å². The van der Waals surface area contributed by atoms with E-state index in [1.54, 1.807) is 24.4 Å². The van der Waals surface area contributed by atoms with Gasteiger partial charge >= 0.3 is 0 Å². The Morgan fingerprint density at radius 1 is 1.25 bits per heavy atom. The van der Waals surface area contributed by atoms with Gasteiger partial charge in [-0.05, 0) is 18.2 Å². The Kier molecular flexibility index (Phi) is 1.91. The first-order chi connectivity index (χ1) is 7.77. The van der Waals surface area contributed by atoms with E-state index in [-0.39, 0.29) is 5.56 Å². The van der Waals surface area contributed by atoms with Crippen molar-refractivity contribution in [3.63, 3.8) is 0 Å². The van der Waals surface area contributed by atoms with Crippen LogP contribution in [0.5, 0.6) is 0 Å². The van der Waals surface area contributed by atoms with Crippen molar-refractivity contribution in [2.45, 2.75) is 0 Å². The molecule has 3 heterocycles. The number of nitrogens with zero attached hydrogens (tertiary/aromatic N) is 3. The number of aromatic nitrogens is 3. The molecule has 0 aliphatic rings. The minimum absolute atomic E-state index is 0.196. The van der Waals surface area contributed by atoms with Crippen LogP contribution in [0.4, 0.5) is 0 Å². The molecule has 0 N–H and O–H groups in total. The van der Waals surface area contributed by atoms with E-state index in [2.05, 4.69) is 9.97 Å². The van der Waals surface area contributed by atoms with E-state index in [4.69, 9.17) is 11.6 Å². The Balaban J connectivity index is 2.67. The van der Waals surface area contributed by atoms with Crippen molar-refractivity contribution in [2.24, 2.45) is 0 Å². The first kappa shape index (κ1) is 9.30. The third-order valence-electron chi connectivity index (χ3n) is 2.37. The van der Waals surface area contributed by atoms with Crippen LogP contribution in [0, 0.1) is 0 Å². The fraction of sp³-hybridized carbons (Fsp3) is 0. The molecule has 3 aromatic rings. The highest BCUT2D eigenvalue weighted by Gasteiger charge is 2.08. The molecule has 0 fully saturated rings. The monoisotopic (exact) mass is 231 g/mol. The summed E-state index contributed by atoms with van der Waals surface area (Å²) in [4.78, 5) is 20.4. The fourth-order valence-corrected chi connectivity index (χ4v) is 1.86. The lowest BCUT2D eigenvalue weighted by molar-refractivity contribution is 1.07. The molecule has 0 aliphatic heterocycles. The van der Waals surface area contributed by atoms with Gasteiger partial charge in [0.2, 0.25) is 0 Å². The van der Waals surface area contributed by atoms with Crippen LogP contribution in [0.25, 0.3) is 16.7 Å². The highest BCUT2D eigenvalue weighted by atomic mass is 35.5. The minimum Gasteiger partial charge on any atom is -0.268 e. The highest BCUT2D eigenvalue weighted by molar-refractivity contribution is 6.35. The molecule has 0 radical (unpaired) electrons. The van der Waals surface area contributed by atoms with Crippen molar-refractivity contribution in [2.75, 3.05) is 0 Å². The summed E-state index contributed by atoms with van der Waals surface area (Å²) in [5, 5.41) is 0.730. The van der Waals surface area contributed by atoms with Crippen molar-refractivity contribution in [3.8, 4) is 0 Å². The lowest BCUT2D eigenvalue weighted by atomic mass is 10.3. The zero-order valence-corrected chi connectivity index (χ0v) is 8.85. The van der Waals surface area contributed by atoms with E-state index in [0.717, 1.165) is 0 Å². The number of hydrogen-bond donors (Lipinski definition) is 0. The van der Waals surface area contributed by atoms with E-state index in [0.29, 0.717) is 21.7 Å². The van der Waals surface area contributed by atoms with Crippen molar-refractivity contribution < 1.29 is 0 Å². The molecule has 0 saturated heterocycles. The topological polar surface area (TPSA) is 47.3 Å². The molecular weight excluding hydrogens is 226 g/mol. The van der Waals surface area contributed by atoms with Crippen molar-refractivity contribution in [1.82, 2.24) is 14.4 Å². The third-order valence-corrected chi connectivity index (χ3v) is 2.69. The van der Waals surface area contributed by atoms with Gasteiger partial charge in [0, 0.05) is 12.4 Å². The molecule has 78 valence electrons. The maximum absolute atomic E-state index is 12.1. The molecule has 4 nitrogen and oxygen atoms in total. The van der Waals surface area contributed by atoms with Gasteiger partial charge < -0.3 is 0 Å². The second kappa shape index (κ2) is 3.28. The lowest BCUT2D eigenvalue weighted by Crippen LogP contribution is -2.15. The molecule has 16 heavy (non-hydrogen) atoms. The summed E-state index contributed by atoms with van der Waals surface area (Å²) in [6.45, 7) is 0. The maximum atomic E-state index is 12.1.